The number of hydrogen-bond acceptors (Lipinski definition) is 6. The zero-order chi connectivity index (χ0) is 21.8. The lowest BCUT2D eigenvalue weighted by Crippen LogP contribution is -2.38. The van der Waals surface area contributed by atoms with Crippen LogP contribution in [0.3, 0.4) is 0 Å². The number of rotatable bonds is 7. The first-order chi connectivity index (χ1) is 15.0. The van der Waals surface area contributed by atoms with Gasteiger partial charge in [0.25, 0.3) is 0 Å². The third-order valence-electron chi connectivity index (χ3n) is 5.69. The zero-order valence-electron chi connectivity index (χ0n) is 17.6. The van der Waals surface area contributed by atoms with E-state index in [1.54, 1.807) is 24.8 Å². The summed E-state index contributed by atoms with van der Waals surface area (Å²) in [5, 5.41) is 7.73. The zero-order valence-corrected chi connectivity index (χ0v) is 18.4. The van der Waals surface area contributed by atoms with Gasteiger partial charge in [0, 0.05) is 17.6 Å². The molecular formula is C22H26N4O4S. The Bertz CT molecular complexity index is 1120. The minimum Gasteiger partial charge on any atom is -0.492 e. The van der Waals surface area contributed by atoms with E-state index in [0.29, 0.717) is 12.2 Å². The van der Waals surface area contributed by atoms with Crippen molar-refractivity contribution in [3.8, 4) is 22.6 Å². The fourth-order valence-electron chi connectivity index (χ4n) is 4.22. The van der Waals surface area contributed by atoms with Gasteiger partial charge >= 0.3 is 0 Å². The first-order valence-electron chi connectivity index (χ1n) is 10.2. The molecule has 1 aliphatic rings. The molecule has 0 spiro atoms. The van der Waals surface area contributed by atoms with Crippen LogP contribution >= 0.6 is 0 Å². The van der Waals surface area contributed by atoms with Gasteiger partial charge in [-0.3, -0.25) is 0 Å². The van der Waals surface area contributed by atoms with E-state index in [1.807, 2.05) is 34.9 Å². The Balaban J connectivity index is 1.63. The van der Waals surface area contributed by atoms with Crippen LogP contribution in [0, 0.1) is 0 Å². The fourth-order valence-corrected chi connectivity index (χ4v) is 5.67. The Kier molecular flexibility index (Phi) is 6.24. The molecule has 3 aromatic rings. The van der Waals surface area contributed by atoms with Crippen molar-refractivity contribution in [2.45, 2.75) is 42.7 Å². The van der Waals surface area contributed by atoms with Gasteiger partial charge in [0.15, 0.2) is 11.5 Å². The quantitative estimate of drug-likeness (QED) is 0.602. The van der Waals surface area contributed by atoms with E-state index in [-0.39, 0.29) is 22.7 Å². The number of nitrogens with one attached hydrogen (secondary N) is 1. The van der Waals surface area contributed by atoms with Crippen molar-refractivity contribution in [1.82, 2.24) is 19.5 Å². The molecule has 0 radical (unpaired) electrons. The predicted molar refractivity (Wildman–Crippen MR) is 117 cm³/mol. The molecule has 0 unspecified atom stereocenters. The highest BCUT2D eigenvalue weighted by Gasteiger charge is 2.30. The molecule has 8 nitrogen and oxygen atoms in total. The van der Waals surface area contributed by atoms with E-state index in [0.717, 1.165) is 30.4 Å². The third kappa shape index (κ3) is 4.42. The lowest BCUT2D eigenvalue weighted by molar-refractivity contribution is 0.305. The number of sulfonamides is 1. The molecule has 1 saturated carbocycles. The highest BCUT2D eigenvalue weighted by molar-refractivity contribution is 7.89. The topological polar surface area (TPSA) is 95.3 Å². The van der Waals surface area contributed by atoms with Crippen LogP contribution < -0.4 is 14.2 Å². The summed E-state index contributed by atoms with van der Waals surface area (Å²) in [7, 11) is -0.856. The number of hydrogen-bond donors (Lipinski definition) is 1. The Morgan fingerprint density at radius 3 is 2.35 bits per heavy atom. The molecule has 2 aromatic carbocycles. The summed E-state index contributed by atoms with van der Waals surface area (Å²) in [5.41, 5.74) is 1.68. The van der Waals surface area contributed by atoms with Crippen molar-refractivity contribution < 1.29 is 17.9 Å². The predicted octanol–water partition coefficient (Wildman–Crippen LogP) is 3.42. The van der Waals surface area contributed by atoms with Gasteiger partial charge in [-0.25, -0.2) is 13.1 Å². The average Bonchev–Trinajstić information content (AvgIpc) is 3.33. The normalized spacial score (nSPS) is 19.2. The fraction of sp³-hybridized carbons (Fsp3) is 0.364. The second-order valence-corrected chi connectivity index (χ2v) is 9.27. The molecule has 0 bridgehead atoms. The summed E-state index contributed by atoms with van der Waals surface area (Å²) in [6.07, 6.45) is 6.70. The molecule has 0 saturated heterocycles. The van der Waals surface area contributed by atoms with E-state index < -0.39 is 10.0 Å². The maximum atomic E-state index is 13.3. The maximum Gasteiger partial charge on any atom is 0.244 e. The summed E-state index contributed by atoms with van der Waals surface area (Å²) < 4.78 is 42.5. The Labute approximate surface area is 182 Å². The number of nitrogens with zero attached hydrogens (tertiary/aromatic N) is 3. The van der Waals surface area contributed by atoms with Gasteiger partial charge in [-0.15, -0.1) is 10.2 Å². The Morgan fingerprint density at radius 1 is 0.968 bits per heavy atom. The molecule has 1 fully saturated rings. The lowest BCUT2D eigenvalue weighted by Gasteiger charge is -2.30. The molecule has 0 aliphatic heterocycles. The van der Waals surface area contributed by atoms with Gasteiger partial charge in [-0.2, -0.15) is 0 Å². The van der Waals surface area contributed by atoms with Crippen LogP contribution in [0.15, 0.2) is 60.0 Å². The smallest absolute Gasteiger partial charge is 0.244 e. The molecule has 1 aliphatic carbocycles. The minimum absolute atomic E-state index is 0.0675. The van der Waals surface area contributed by atoms with Crippen LogP contribution in [0.1, 0.15) is 31.7 Å². The molecule has 1 N–H and O–H groups in total. The standard InChI is InChI=1S/C22H26N4O4S/c1-29-21-19(16-7-4-3-5-8-16)11-12-20(22(21)30-2)31(27,28)25-17-9-6-10-18(13-17)26-14-23-24-15-26/h3-5,7-8,11-12,14-15,17-18,25H,6,9-10,13H2,1-2H3/t17-,18+/m0/s1. The molecular weight excluding hydrogens is 416 g/mol. The summed E-state index contributed by atoms with van der Waals surface area (Å²) in [6, 6.07) is 13.0. The maximum absolute atomic E-state index is 13.3. The summed E-state index contributed by atoms with van der Waals surface area (Å²) in [4.78, 5) is 0.0675. The van der Waals surface area contributed by atoms with Crippen LogP contribution in [-0.4, -0.2) is 43.4 Å². The van der Waals surface area contributed by atoms with Gasteiger partial charge in [0.2, 0.25) is 10.0 Å². The largest absolute Gasteiger partial charge is 0.492 e. The first kappa shape index (κ1) is 21.3. The van der Waals surface area contributed by atoms with Crippen molar-refractivity contribution >= 4 is 10.0 Å². The molecule has 4 rings (SSSR count). The van der Waals surface area contributed by atoms with Crippen molar-refractivity contribution in [2.24, 2.45) is 0 Å². The van der Waals surface area contributed by atoms with Gasteiger partial charge in [-0.1, -0.05) is 30.3 Å². The molecule has 2 atom stereocenters. The van der Waals surface area contributed by atoms with Crippen molar-refractivity contribution in [3.05, 3.63) is 55.1 Å². The highest BCUT2D eigenvalue weighted by atomic mass is 32.2. The second kappa shape index (κ2) is 9.07. The number of methoxy groups -OCH3 is 2. The first-order valence-corrected chi connectivity index (χ1v) is 11.7. The van der Waals surface area contributed by atoms with Gasteiger partial charge in [0.05, 0.1) is 14.2 Å². The van der Waals surface area contributed by atoms with Crippen LogP contribution in [0.25, 0.3) is 11.1 Å². The number of aromatic nitrogens is 3. The molecule has 1 aromatic heterocycles. The van der Waals surface area contributed by atoms with Crippen LogP contribution in [0.4, 0.5) is 0 Å². The average molecular weight is 443 g/mol. The van der Waals surface area contributed by atoms with Crippen LogP contribution in [-0.2, 0) is 10.0 Å². The molecule has 0 amide bonds. The van der Waals surface area contributed by atoms with Crippen LogP contribution in [0.5, 0.6) is 11.5 Å². The SMILES string of the molecule is COc1c(-c2ccccc2)ccc(S(=O)(=O)N[C@H]2CCC[C@@H](n3cnnc3)C2)c1OC. The Morgan fingerprint density at radius 2 is 1.68 bits per heavy atom. The number of benzene rings is 2. The van der Waals surface area contributed by atoms with Crippen molar-refractivity contribution in [1.29, 1.82) is 0 Å². The summed E-state index contributed by atoms with van der Waals surface area (Å²) in [5.74, 6) is 0.588. The van der Waals surface area contributed by atoms with Crippen LogP contribution in [0.2, 0.25) is 0 Å². The van der Waals surface area contributed by atoms with Gasteiger partial charge in [-0.05, 0) is 43.4 Å². The Hall–Kier alpha value is -2.91. The van der Waals surface area contributed by atoms with Gasteiger partial charge in [0.1, 0.15) is 17.6 Å². The van der Waals surface area contributed by atoms with E-state index in [4.69, 9.17) is 9.47 Å². The summed E-state index contributed by atoms with van der Waals surface area (Å²) in [6.45, 7) is 0. The second-order valence-electron chi connectivity index (χ2n) is 7.59. The highest BCUT2D eigenvalue weighted by Crippen LogP contribution is 2.42. The van der Waals surface area contributed by atoms with E-state index in [2.05, 4.69) is 14.9 Å². The van der Waals surface area contributed by atoms with Gasteiger partial charge < -0.3 is 14.0 Å². The van der Waals surface area contributed by atoms with Crippen molar-refractivity contribution in [2.75, 3.05) is 14.2 Å². The monoisotopic (exact) mass is 442 g/mol. The van der Waals surface area contributed by atoms with E-state index in [9.17, 15) is 8.42 Å². The molecule has 9 heteroatoms. The minimum atomic E-state index is -3.82. The van der Waals surface area contributed by atoms with Crippen molar-refractivity contribution in [3.63, 3.8) is 0 Å². The van der Waals surface area contributed by atoms with E-state index >= 15 is 0 Å². The molecule has 164 valence electrons. The number of ether oxygens (including phenoxy) is 2. The lowest BCUT2D eigenvalue weighted by atomic mass is 9.91. The summed E-state index contributed by atoms with van der Waals surface area (Å²) >= 11 is 0. The molecule has 1 heterocycles. The van der Waals surface area contributed by atoms with E-state index in [1.165, 1.54) is 14.2 Å². The third-order valence-corrected chi connectivity index (χ3v) is 7.23. The molecule has 31 heavy (non-hydrogen) atoms.